The van der Waals surface area contributed by atoms with Crippen molar-refractivity contribution in [3.8, 4) is 0 Å². The van der Waals surface area contributed by atoms with E-state index in [4.69, 9.17) is 0 Å². The lowest BCUT2D eigenvalue weighted by Crippen LogP contribution is -1.99. The minimum absolute atomic E-state index is 0.238. The van der Waals surface area contributed by atoms with Crippen LogP contribution in [0.5, 0.6) is 0 Å². The Bertz CT molecular complexity index is 736. The zero-order valence-electron chi connectivity index (χ0n) is 10.5. The number of thiophene rings is 1. The highest BCUT2D eigenvalue weighted by molar-refractivity contribution is 14.1. The second-order valence-corrected chi connectivity index (χ2v) is 7.04. The van der Waals surface area contributed by atoms with E-state index in [1.165, 1.54) is 27.0 Å². The fourth-order valence-corrected chi connectivity index (χ4v) is 3.57. The minimum Gasteiger partial charge on any atom is -0.387 e. The van der Waals surface area contributed by atoms with Crippen molar-refractivity contribution in [3.63, 3.8) is 0 Å². The summed E-state index contributed by atoms with van der Waals surface area (Å²) >= 11 is 3.71. The van der Waals surface area contributed by atoms with Crippen LogP contribution < -0.4 is 0 Å². The van der Waals surface area contributed by atoms with Crippen molar-refractivity contribution in [2.24, 2.45) is 0 Å². The van der Waals surface area contributed by atoms with Gasteiger partial charge in [-0.3, -0.25) is 0 Å². The van der Waals surface area contributed by atoms with Gasteiger partial charge in [-0.05, 0) is 63.9 Å². The standard InChI is InChI=1S/C16H12FIOS/c17-12-4-3-11-8-16(20-15(11)9-12)14(19)7-10-1-5-13(18)6-2-10/h1-6,8-9,14,19H,7H2. The number of aliphatic hydroxyl groups excluding tert-OH is 1. The van der Waals surface area contributed by atoms with Crippen molar-refractivity contribution >= 4 is 44.0 Å². The molecule has 3 aromatic rings. The van der Waals surface area contributed by atoms with Gasteiger partial charge in [0.15, 0.2) is 0 Å². The van der Waals surface area contributed by atoms with E-state index in [0.29, 0.717) is 6.42 Å². The molecule has 4 heteroatoms. The van der Waals surface area contributed by atoms with Crippen molar-refractivity contribution in [3.05, 3.63) is 68.4 Å². The molecule has 0 amide bonds. The van der Waals surface area contributed by atoms with Crippen LogP contribution in [-0.2, 0) is 6.42 Å². The lowest BCUT2D eigenvalue weighted by atomic mass is 10.1. The van der Waals surface area contributed by atoms with E-state index in [1.54, 1.807) is 6.07 Å². The summed E-state index contributed by atoms with van der Waals surface area (Å²) in [6.45, 7) is 0. The Hall–Kier alpha value is -0.980. The van der Waals surface area contributed by atoms with Gasteiger partial charge in [0.1, 0.15) is 5.82 Å². The minimum atomic E-state index is -0.546. The Kier molecular flexibility index (Phi) is 4.05. The van der Waals surface area contributed by atoms with Gasteiger partial charge >= 0.3 is 0 Å². The van der Waals surface area contributed by atoms with Crippen molar-refractivity contribution in [2.45, 2.75) is 12.5 Å². The molecule has 0 saturated heterocycles. The summed E-state index contributed by atoms with van der Waals surface area (Å²) in [5.41, 5.74) is 1.10. The van der Waals surface area contributed by atoms with Crippen molar-refractivity contribution in [2.75, 3.05) is 0 Å². The third-order valence-corrected chi connectivity index (χ3v) is 5.09. The molecule has 1 unspecified atom stereocenters. The first-order valence-corrected chi connectivity index (χ1v) is 8.13. The van der Waals surface area contributed by atoms with Gasteiger partial charge < -0.3 is 5.11 Å². The molecule has 20 heavy (non-hydrogen) atoms. The molecule has 2 aromatic carbocycles. The summed E-state index contributed by atoms with van der Waals surface area (Å²) < 4.78 is 15.2. The quantitative estimate of drug-likeness (QED) is 0.621. The summed E-state index contributed by atoms with van der Waals surface area (Å²) in [5.74, 6) is -0.238. The predicted octanol–water partition coefficient (Wildman–Crippen LogP) is 4.92. The van der Waals surface area contributed by atoms with Gasteiger partial charge in [0.2, 0.25) is 0 Å². The molecule has 0 radical (unpaired) electrons. The van der Waals surface area contributed by atoms with Gasteiger partial charge in [-0.2, -0.15) is 0 Å². The van der Waals surface area contributed by atoms with Crippen molar-refractivity contribution in [1.29, 1.82) is 0 Å². The van der Waals surface area contributed by atoms with Crippen LogP contribution >= 0.6 is 33.9 Å². The zero-order valence-corrected chi connectivity index (χ0v) is 13.5. The maximum absolute atomic E-state index is 13.2. The van der Waals surface area contributed by atoms with Crippen LogP contribution in [0.2, 0.25) is 0 Å². The molecule has 0 aliphatic carbocycles. The summed E-state index contributed by atoms with van der Waals surface area (Å²) in [4.78, 5) is 0.879. The van der Waals surface area contributed by atoms with Crippen LogP contribution in [0.4, 0.5) is 4.39 Å². The zero-order chi connectivity index (χ0) is 14.1. The predicted molar refractivity (Wildman–Crippen MR) is 89.6 cm³/mol. The van der Waals surface area contributed by atoms with Gasteiger partial charge in [0.25, 0.3) is 0 Å². The lowest BCUT2D eigenvalue weighted by molar-refractivity contribution is 0.182. The first-order valence-electron chi connectivity index (χ1n) is 6.23. The third-order valence-electron chi connectivity index (χ3n) is 3.17. The normalized spacial score (nSPS) is 12.8. The summed E-state index contributed by atoms with van der Waals surface area (Å²) in [5, 5.41) is 11.3. The van der Waals surface area contributed by atoms with Crippen LogP contribution in [0, 0.1) is 9.39 Å². The number of rotatable bonds is 3. The maximum Gasteiger partial charge on any atom is 0.124 e. The highest BCUT2D eigenvalue weighted by Crippen LogP contribution is 2.32. The SMILES string of the molecule is OC(Cc1ccc(I)cc1)c1cc2ccc(F)cc2s1. The van der Waals surface area contributed by atoms with Crippen LogP contribution in [0.15, 0.2) is 48.5 Å². The Morgan fingerprint density at radius 1 is 1.10 bits per heavy atom. The van der Waals surface area contributed by atoms with E-state index in [2.05, 4.69) is 22.6 Å². The molecule has 1 heterocycles. The van der Waals surface area contributed by atoms with Crippen LogP contribution in [0.3, 0.4) is 0 Å². The monoisotopic (exact) mass is 398 g/mol. The average Bonchev–Trinajstić information content (AvgIpc) is 2.84. The molecule has 0 aliphatic rings. The van der Waals surface area contributed by atoms with Crippen molar-refractivity contribution in [1.82, 2.24) is 0 Å². The Balaban J connectivity index is 1.84. The molecule has 102 valence electrons. The van der Waals surface area contributed by atoms with Crippen LogP contribution in [0.1, 0.15) is 16.5 Å². The van der Waals surface area contributed by atoms with E-state index in [-0.39, 0.29) is 5.82 Å². The third kappa shape index (κ3) is 3.02. The smallest absolute Gasteiger partial charge is 0.124 e. The molecule has 1 N–H and O–H groups in total. The van der Waals surface area contributed by atoms with E-state index in [1.807, 2.05) is 30.3 Å². The van der Waals surface area contributed by atoms with Gasteiger partial charge in [0.05, 0.1) is 6.10 Å². The molecular weight excluding hydrogens is 386 g/mol. The number of hydrogen-bond acceptors (Lipinski definition) is 2. The van der Waals surface area contributed by atoms with E-state index < -0.39 is 6.10 Å². The summed E-state index contributed by atoms with van der Waals surface area (Å²) in [6.07, 6.45) is 0.0298. The van der Waals surface area contributed by atoms with Gasteiger partial charge in [-0.15, -0.1) is 11.3 Å². The fourth-order valence-electron chi connectivity index (χ4n) is 2.13. The first kappa shape index (κ1) is 14.0. The maximum atomic E-state index is 13.2. The molecule has 1 nitrogen and oxygen atoms in total. The molecule has 3 rings (SSSR count). The summed E-state index contributed by atoms with van der Waals surface area (Å²) in [7, 11) is 0. The van der Waals surface area contributed by atoms with E-state index in [0.717, 1.165) is 20.5 Å². The van der Waals surface area contributed by atoms with E-state index >= 15 is 0 Å². The van der Waals surface area contributed by atoms with Crippen LogP contribution in [0.25, 0.3) is 10.1 Å². The molecule has 1 atom stereocenters. The number of halogens is 2. The lowest BCUT2D eigenvalue weighted by Gasteiger charge is -2.08. The second kappa shape index (κ2) is 5.79. The first-order chi connectivity index (χ1) is 9.61. The topological polar surface area (TPSA) is 20.2 Å². The Morgan fingerprint density at radius 2 is 1.85 bits per heavy atom. The molecule has 0 fully saturated rings. The van der Waals surface area contributed by atoms with Gasteiger partial charge in [0, 0.05) is 19.6 Å². The molecule has 1 aromatic heterocycles. The highest BCUT2D eigenvalue weighted by atomic mass is 127. The number of fused-ring (bicyclic) bond motifs is 1. The molecule has 0 spiro atoms. The van der Waals surface area contributed by atoms with E-state index in [9.17, 15) is 9.50 Å². The van der Waals surface area contributed by atoms with Crippen molar-refractivity contribution < 1.29 is 9.50 Å². The molecular formula is C16H12FIOS. The number of aliphatic hydroxyl groups is 1. The molecule has 0 aliphatic heterocycles. The molecule has 0 bridgehead atoms. The Labute approximate surface area is 134 Å². The highest BCUT2D eigenvalue weighted by Gasteiger charge is 2.12. The van der Waals surface area contributed by atoms with Crippen LogP contribution in [-0.4, -0.2) is 5.11 Å². The summed E-state index contributed by atoms with van der Waals surface area (Å²) in [6, 6.07) is 14.8. The largest absolute Gasteiger partial charge is 0.387 e. The second-order valence-electron chi connectivity index (χ2n) is 4.68. The van der Waals surface area contributed by atoms with Gasteiger partial charge in [-0.25, -0.2) is 4.39 Å². The average molecular weight is 398 g/mol. The molecule has 0 saturated carbocycles. The fraction of sp³-hybridized carbons (Fsp3) is 0.125. The van der Waals surface area contributed by atoms with Gasteiger partial charge in [-0.1, -0.05) is 18.2 Å². The Morgan fingerprint density at radius 3 is 2.60 bits per heavy atom. The number of benzene rings is 2. The number of hydrogen-bond donors (Lipinski definition) is 1.